The lowest BCUT2D eigenvalue weighted by atomic mass is 10.0. The SMILES string of the molecule is CC(=O)c1ccc(N2CCN(CC(=O)c3cc(C)ccc3C)CC2)cc1. The van der Waals surface area contributed by atoms with Crippen molar-refractivity contribution in [3.8, 4) is 0 Å². The molecule has 2 aromatic carbocycles. The van der Waals surface area contributed by atoms with Gasteiger partial charge in [-0.05, 0) is 56.7 Å². The summed E-state index contributed by atoms with van der Waals surface area (Å²) in [6.45, 7) is 9.58. The molecule has 0 atom stereocenters. The Bertz CT molecular complexity index is 803. The molecule has 0 spiro atoms. The molecule has 0 bridgehead atoms. The zero-order chi connectivity index (χ0) is 18.7. The van der Waals surface area contributed by atoms with Gasteiger partial charge >= 0.3 is 0 Å². The van der Waals surface area contributed by atoms with Crippen LogP contribution in [0, 0.1) is 13.8 Å². The number of Topliss-reactive ketones (excluding diaryl/α,β-unsaturated/α-hetero) is 2. The molecule has 1 fully saturated rings. The van der Waals surface area contributed by atoms with E-state index in [-0.39, 0.29) is 11.6 Å². The quantitative estimate of drug-likeness (QED) is 0.774. The van der Waals surface area contributed by atoms with Crippen LogP contribution in [-0.4, -0.2) is 49.2 Å². The van der Waals surface area contributed by atoms with E-state index in [1.807, 2.05) is 56.3 Å². The van der Waals surface area contributed by atoms with Crippen LogP contribution in [0.4, 0.5) is 5.69 Å². The number of hydrogen-bond donors (Lipinski definition) is 0. The summed E-state index contributed by atoms with van der Waals surface area (Å²) in [5.74, 6) is 0.289. The molecule has 0 radical (unpaired) electrons. The van der Waals surface area contributed by atoms with E-state index in [2.05, 4.69) is 9.80 Å². The zero-order valence-corrected chi connectivity index (χ0v) is 15.8. The molecule has 0 unspecified atom stereocenters. The number of rotatable bonds is 5. The molecule has 0 amide bonds. The topological polar surface area (TPSA) is 40.6 Å². The molecule has 2 aromatic rings. The molecular weight excluding hydrogens is 324 g/mol. The predicted molar refractivity (Wildman–Crippen MR) is 105 cm³/mol. The summed E-state index contributed by atoms with van der Waals surface area (Å²) in [6.07, 6.45) is 0. The largest absolute Gasteiger partial charge is 0.369 e. The summed E-state index contributed by atoms with van der Waals surface area (Å²) in [7, 11) is 0. The number of hydrogen-bond acceptors (Lipinski definition) is 4. The van der Waals surface area contributed by atoms with Gasteiger partial charge < -0.3 is 4.90 Å². The number of benzene rings is 2. The molecule has 1 aliphatic heterocycles. The summed E-state index contributed by atoms with van der Waals surface area (Å²) >= 11 is 0. The van der Waals surface area contributed by atoms with Crippen molar-refractivity contribution in [3.63, 3.8) is 0 Å². The number of ketones is 2. The molecule has 4 nitrogen and oxygen atoms in total. The van der Waals surface area contributed by atoms with Crippen molar-refractivity contribution in [1.29, 1.82) is 0 Å². The Kier molecular flexibility index (Phi) is 5.52. The van der Waals surface area contributed by atoms with Crippen LogP contribution in [0.25, 0.3) is 0 Å². The first-order chi connectivity index (χ1) is 12.4. The second kappa shape index (κ2) is 7.83. The fourth-order valence-corrected chi connectivity index (χ4v) is 3.40. The van der Waals surface area contributed by atoms with Crippen LogP contribution in [0.3, 0.4) is 0 Å². The Labute approximate surface area is 155 Å². The maximum Gasteiger partial charge on any atom is 0.177 e. The van der Waals surface area contributed by atoms with Crippen molar-refractivity contribution in [1.82, 2.24) is 4.90 Å². The van der Waals surface area contributed by atoms with Gasteiger partial charge in [0.25, 0.3) is 0 Å². The highest BCUT2D eigenvalue weighted by Crippen LogP contribution is 2.18. The summed E-state index contributed by atoms with van der Waals surface area (Å²) in [4.78, 5) is 28.6. The van der Waals surface area contributed by atoms with E-state index in [9.17, 15) is 9.59 Å². The monoisotopic (exact) mass is 350 g/mol. The van der Waals surface area contributed by atoms with E-state index in [0.29, 0.717) is 6.54 Å². The Morgan fingerprint density at radius 1 is 0.923 bits per heavy atom. The minimum atomic E-state index is 0.0892. The first-order valence-corrected chi connectivity index (χ1v) is 9.13. The lowest BCUT2D eigenvalue weighted by molar-refractivity contribution is 0.0925. The van der Waals surface area contributed by atoms with E-state index in [0.717, 1.165) is 54.1 Å². The highest BCUT2D eigenvalue weighted by molar-refractivity contribution is 5.99. The maximum absolute atomic E-state index is 12.7. The molecule has 3 rings (SSSR count). The highest BCUT2D eigenvalue weighted by Gasteiger charge is 2.20. The molecular formula is C22H26N2O2. The fourth-order valence-electron chi connectivity index (χ4n) is 3.40. The summed E-state index contributed by atoms with van der Waals surface area (Å²) < 4.78 is 0. The third-order valence-corrected chi connectivity index (χ3v) is 5.07. The van der Waals surface area contributed by atoms with Crippen molar-refractivity contribution in [2.75, 3.05) is 37.6 Å². The Balaban J connectivity index is 1.57. The number of anilines is 1. The molecule has 0 saturated carbocycles. The van der Waals surface area contributed by atoms with Gasteiger partial charge in [0, 0.05) is 43.0 Å². The van der Waals surface area contributed by atoms with Crippen LogP contribution < -0.4 is 4.90 Å². The number of carbonyl (C=O) groups is 2. The van der Waals surface area contributed by atoms with Crippen molar-refractivity contribution >= 4 is 17.3 Å². The average Bonchev–Trinajstić information content (AvgIpc) is 2.64. The fraction of sp³-hybridized carbons (Fsp3) is 0.364. The van der Waals surface area contributed by atoms with E-state index in [4.69, 9.17) is 0 Å². The minimum absolute atomic E-state index is 0.0892. The van der Waals surface area contributed by atoms with Gasteiger partial charge in [0.1, 0.15) is 0 Å². The molecule has 0 aromatic heterocycles. The first kappa shape index (κ1) is 18.3. The second-order valence-corrected chi connectivity index (χ2v) is 7.11. The molecule has 136 valence electrons. The van der Waals surface area contributed by atoms with E-state index >= 15 is 0 Å². The first-order valence-electron chi connectivity index (χ1n) is 9.13. The molecule has 0 aliphatic carbocycles. The molecule has 26 heavy (non-hydrogen) atoms. The summed E-state index contributed by atoms with van der Waals surface area (Å²) in [5.41, 5.74) is 4.89. The third-order valence-electron chi connectivity index (χ3n) is 5.07. The van der Waals surface area contributed by atoms with Gasteiger partial charge in [-0.3, -0.25) is 14.5 Å². The van der Waals surface area contributed by atoms with Gasteiger partial charge in [0.15, 0.2) is 11.6 Å². The van der Waals surface area contributed by atoms with Gasteiger partial charge in [0.05, 0.1) is 6.54 Å². The smallest absolute Gasteiger partial charge is 0.177 e. The molecule has 1 saturated heterocycles. The van der Waals surface area contributed by atoms with Crippen LogP contribution in [0.2, 0.25) is 0 Å². The van der Waals surface area contributed by atoms with Crippen molar-refractivity contribution < 1.29 is 9.59 Å². The van der Waals surface area contributed by atoms with Crippen molar-refractivity contribution in [3.05, 3.63) is 64.7 Å². The Morgan fingerprint density at radius 3 is 2.19 bits per heavy atom. The molecule has 0 N–H and O–H groups in total. The highest BCUT2D eigenvalue weighted by atomic mass is 16.1. The lowest BCUT2D eigenvalue weighted by Gasteiger charge is -2.35. The van der Waals surface area contributed by atoms with E-state index in [1.54, 1.807) is 6.92 Å². The Hall–Kier alpha value is -2.46. The normalized spacial score (nSPS) is 15.1. The summed E-state index contributed by atoms with van der Waals surface area (Å²) in [6, 6.07) is 13.8. The van der Waals surface area contributed by atoms with Gasteiger partial charge in [-0.1, -0.05) is 17.7 Å². The van der Waals surface area contributed by atoms with Gasteiger partial charge in [-0.15, -0.1) is 0 Å². The van der Waals surface area contributed by atoms with E-state index in [1.165, 1.54) is 0 Å². The van der Waals surface area contributed by atoms with Gasteiger partial charge in [-0.2, -0.15) is 0 Å². The minimum Gasteiger partial charge on any atom is -0.369 e. The van der Waals surface area contributed by atoms with Crippen LogP contribution in [-0.2, 0) is 0 Å². The molecule has 4 heteroatoms. The lowest BCUT2D eigenvalue weighted by Crippen LogP contribution is -2.48. The Morgan fingerprint density at radius 2 is 1.58 bits per heavy atom. The number of aryl methyl sites for hydroxylation is 2. The van der Waals surface area contributed by atoms with Gasteiger partial charge in [0.2, 0.25) is 0 Å². The second-order valence-electron chi connectivity index (χ2n) is 7.11. The third kappa shape index (κ3) is 4.20. The standard InChI is InChI=1S/C22H26N2O2/c1-16-4-5-17(2)21(14-16)22(26)15-23-10-12-24(13-11-23)20-8-6-19(7-9-20)18(3)25/h4-9,14H,10-13,15H2,1-3H3. The predicted octanol–water partition coefficient (Wildman–Crippen LogP) is 3.51. The van der Waals surface area contributed by atoms with Crippen LogP contribution in [0.15, 0.2) is 42.5 Å². The van der Waals surface area contributed by atoms with E-state index < -0.39 is 0 Å². The van der Waals surface area contributed by atoms with Crippen LogP contribution in [0.1, 0.15) is 38.8 Å². The maximum atomic E-state index is 12.7. The van der Waals surface area contributed by atoms with Crippen LogP contribution in [0.5, 0.6) is 0 Å². The van der Waals surface area contributed by atoms with Crippen molar-refractivity contribution in [2.45, 2.75) is 20.8 Å². The number of carbonyl (C=O) groups excluding carboxylic acids is 2. The van der Waals surface area contributed by atoms with Gasteiger partial charge in [-0.25, -0.2) is 0 Å². The summed E-state index contributed by atoms with van der Waals surface area (Å²) in [5, 5.41) is 0. The van der Waals surface area contributed by atoms with Crippen LogP contribution >= 0.6 is 0 Å². The average molecular weight is 350 g/mol. The molecule has 1 heterocycles. The number of nitrogens with zero attached hydrogens (tertiary/aromatic N) is 2. The molecule has 1 aliphatic rings. The zero-order valence-electron chi connectivity index (χ0n) is 15.8. The number of piperazine rings is 1. The van der Waals surface area contributed by atoms with Crippen molar-refractivity contribution in [2.24, 2.45) is 0 Å².